The molecule has 4 nitrogen and oxygen atoms in total. The molecule has 0 aliphatic heterocycles. The standard InChI is InChI=1S/C14H11FN2O2S/c1-2-8-3-4-11(20-8)13-16-10-6-7(15)5-9(14(18)19)12(10)17-13/h3-6H,2H2,1H3,(H,16,17)(H,18,19). The number of aromatic amines is 1. The maximum atomic E-state index is 13.4. The van der Waals surface area contributed by atoms with E-state index in [0.29, 0.717) is 11.3 Å². The Labute approximate surface area is 117 Å². The van der Waals surface area contributed by atoms with Gasteiger partial charge in [0, 0.05) is 4.88 Å². The molecule has 0 unspecified atom stereocenters. The summed E-state index contributed by atoms with van der Waals surface area (Å²) in [6, 6.07) is 6.18. The number of carboxylic acids is 1. The summed E-state index contributed by atoms with van der Waals surface area (Å²) in [5.74, 6) is -1.21. The van der Waals surface area contributed by atoms with Crippen molar-refractivity contribution >= 4 is 28.3 Å². The number of rotatable bonds is 3. The molecule has 2 heterocycles. The summed E-state index contributed by atoms with van der Waals surface area (Å²) in [6.45, 7) is 2.06. The number of carboxylic acid groups (broad SMARTS) is 1. The van der Waals surface area contributed by atoms with Gasteiger partial charge >= 0.3 is 5.97 Å². The number of imidazole rings is 1. The van der Waals surface area contributed by atoms with Crippen LogP contribution in [0.25, 0.3) is 21.7 Å². The van der Waals surface area contributed by atoms with Gasteiger partial charge in [-0.25, -0.2) is 14.2 Å². The molecular formula is C14H11FN2O2S. The number of hydrogen-bond donors (Lipinski definition) is 2. The number of aryl methyl sites for hydroxylation is 1. The zero-order chi connectivity index (χ0) is 14.3. The molecule has 6 heteroatoms. The van der Waals surface area contributed by atoms with Gasteiger partial charge in [0.25, 0.3) is 0 Å². The second-order valence-corrected chi connectivity index (χ2v) is 5.53. The van der Waals surface area contributed by atoms with Crippen molar-refractivity contribution in [2.24, 2.45) is 0 Å². The highest BCUT2D eigenvalue weighted by Gasteiger charge is 2.16. The van der Waals surface area contributed by atoms with E-state index >= 15 is 0 Å². The van der Waals surface area contributed by atoms with Crippen LogP contribution in [0, 0.1) is 5.82 Å². The number of nitrogens with one attached hydrogen (secondary N) is 1. The summed E-state index contributed by atoms with van der Waals surface area (Å²) in [5, 5.41) is 9.11. The first-order valence-electron chi connectivity index (χ1n) is 6.10. The highest BCUT2D eigenvalue weighted by molar-refractivity contribution is 7.15. The number of aromatic nitrogens is 2. The van der Waals surface area contributed by atoms with Crippen LogP contribution in [-0.2, 0) is 6.42 Å². The molecule has 0 aliphatic carbocycles. The predicted molar refractivity (Wildman–Crippen MR) is 75.7 cm³/mol. The minimum Gasteiger partial charge on any atom is -0.478 e. The minimum atomic E-state index is -1.19. The molecule has 0 fully saturated rings. The lowest BCUT2D eigenvalue weighted by atomic mass is 10.2. The van der Waals surface area contributed by atoms with Crippen molar-refractivity contribution in [3.05, 3.63) is 40.5 Å². The molecule has 2 aromatic heterocycles. The number of aromatic carboxylic acids is 1. The third-order valence-electron chi connectivity index (χ3n) is 3.03. The van der Waals surface area contributed by atoms with E-state index in [9.17, 15) is 9.18 Å². The highest BCUT2D eigenvalue weighted by atomic mass is 32.1. The molecule has 0 spiro atoms. The molecule has 0 atom stereocenters. The summed E-state index contributed by atoms with van der Waals surface area (Å²) in [6.07, 6.45) is 0.930. The molecule has 102 valence electrons. The van der Waals surface area contributed by atoms with Crippen LogP contribution in [0.3, 0.4) is 0 Å². The first-order chi connectivity index (χ1) is 9.58. The first kappa shape index (κ1) is 12.8. The second kappa shape index (κ2) is 4.72. The molecule has 3 aromatic rings. The Hall–Kier alpha value is -2.21. The average molecular weight is 290 g/mol. The fourth-order valence-corrected chi connectivity index (χ4v) is 2.95. The zero-order valence-electron chi connectivity index (χ0n) is 10.6. The largest absolute Gasteiger partial charge is 0.478 e. The first-order valence-corrected chi connectivity index (χ1v) is 6.91. The quantitative estimate of drug-likeness (QED) is 0.773. The zero-order valence-corrected chi connectivity index (χ0v) is 11.4. The van der Waals surface area contributed by atoms with Crippen molar-refractivity contribution in [1.82, 2.24) is 9.97 Å². The van der Waals surface area contributed by atoms with E-state index in [1.165, 1.54) is 10.9 Å². The maximum absolute atomic E-state index is 13.4. The average Bonchev–Trinajstić information content (AvgIpc) is 3.02. The Balaban J connectivity index is 2.19. The highest BCUT2D eigenvalue weighted by Crippen LogP contribution is 2.29. The molecule has 20 heavy (non-hydrogen) atoms. The third-order valence-corrected chi connectivity index (χ3v) is 4.26. The lowest BCUT2D eigenvalue weighted by Gasteiger charge is -1.95. The molecule has 3 rings (SSSR count). The molecule has 1 aromatic carbocycles. The van der Waals surface area contributed by atoms with Crippen LogP contribution in [-0.4, -0.2) is 21.0 Å². The summed E-state index contributed by atoms with van der Waals surface area (Å²) in [7, 11) is 0. The molecule has 0 saturated heterocycles. The van der Waals surface area contributed by atoms with Crippen molar-refractivity contribution < 1.29 is 14.3 Å². The Morgan fingerprint density at radius 1 is 1.45 bits per heavy atom. The summed E-state index contributed by atoms with van der Waals surface area (Å²) in [5.41, 5.74) is 0.541. The Morgan fingerprint density at radius 3 is 2.90 bits per heavy atom. The molecule has 0 bridgehead atoms. The van der Waals surface area contributed by atoms with Gasteiger partial charge in [0.05, 0.1) is 16.0 Å². The molecule has 0 radical (unpaired) electrons. The number of fused-ring (bicyclic) bond motifs is 1. The van der Waals surface area contributed by atoms with Gasteiger partial charge in [-0.3, -0.25) is 0 Å². The number of benzene rings is 1. The Kier molecular flexibility index (Phi) is 3.02. The van der Waals surface area contributed by atoms with Crippen LogP contribution in [0.5, 0.6) is 0 Å². The van der Waals surface area contributed by atoms with Gasteiger partial charge in [-0.05, 0) is 30.7 Å². The van der Waals surface area contributed by atoms with Crippen LogP contribution in [0.4, 0.5) is 4.39 Å². The van der Waals surface area contributed by atoms with Crippen LogP contribution in [0.2, 0.25) is 0 Å². The number of halogens is 1. The summed E-state index contributed by atoms with van der Waals surface area (Å²) >= 11 is 1.58. The van der Waals surface area contributed by atoms with Crippen LogP contribution in [0.15, 0.2) is 24.3 Å². The third kappa shape index (κ3) is 2.08. The number of H-pyrrole nitrogens is 1. The number of thiophene rings is 1. The van der Waals surface area contributed by atoms with E-state index < -0.39 is 11.8 Å². The van der Waals surface area contributed by atoms with Crippen LogP contribution < -0.4 is 0 Å². The van der Waals surface area contributed by atoms with Crippen molar-refractivity contribution in [1.29, 1.82) is 0 Å². The molecule has 2 N–H and O–H groups in total. The minimum absolute atomic E-state index is 0.130. The van der Waals surface area contributed by atoms with E-state index in [1.807, 2.05) is 12.1 Å². The predicted octanol–water partition coefficient (Wildman–Crippen LogP) is 3.69. The van der Waals surface area contributed by atoms with E-state index in [-0.39, 0.29) is 11.1 Å². The van der Waals surface area contributed by atoms with Gasteiger partial charge in [-0.2, -0.15) is 0 Å². The van der Waals surface area contributed by atoms with Crippen molar-refractivity contribution in [2.45, 2.75) is 13.3 Å². The van der Waals surface area contributed by atoms with Gasteiger partial charge in [-0.15, -0.1) is 11.3 Å². The second-order valence-electron chi connectivity index (χ2n) is 4.36. The topological polar surface area (TPSA) is 66.0 Å². The number of carbonyl (C=O) groups is 1. The maximum Gasteiger partial charge on any atom is 0.338 e. The lowest BCUT2D eigenvalue weighted by molar-refractivity contribution is 0.0698. The van der Waals surface area contributed by atoms with E-state index in [2.05, 4.69) is 16.9 Å². The summed E-state index contributed by atoms with van der Waals surface area (Å²) < 4.78 is 13.4. The Morgan fingerprint density at radius 2 is 2.25 bits per heavy atom. The van der Waals surface area contributed by atoms with Crippen LogP contribution >= 0.6 is 11.3 Å². The van der Waals surface area contributed by atoms with E-state index in [4.69, 9.17) is 5.11 Å². The smallest absolute Gasteiger partial charge is 0.338 e. The number of hydrogen-bond acceptors (Lipinski definition) is 3. The Bertz CT molecular complexity index is 807. The van der Waals surface area contributed by atoms with E-state index in [0.717, 1.165) is 17.4 Å². The van der Waals surface area contributed by atoms with Crippen molar-refractivity contribution in [2.75, 3.05) is 0 Å². The number of nitrogens with zero attached hydrogens (tertiary/aromatic N) is 1. The van der Waals surface area contributed by atoms with Gasteiger partial charge in [0.15, 0.2) is 0 Å². The monoisotopic (exact) mass is 290 g/mol. The van der Waals surface area contributed by atoms with E-state index in [1.54, 1.807) is 11.3 Å². The van der Waals surface area contributed by atoms with Crippen LogP contribution in [0.1, 0.15) is 22.2 Å². The normalized spacial score (nSPS) is 11.1. The summed E-state index contributed by atoms with van der Waals surface area (Å²) in [4.78, 5) is 20.6. The fourth-order valence-electron chi connectivity index (χ4n) is 2.06. The van der Waals surface area contributed by atoms with Crippen molar-refractivity contribution in [3.8, 4) is 10.7 Å². The molecule has 0 saturated carbocycles. The molecular weight excluding hydrogens is 279 g/mol. The van der Waals surface area contributed by atoms with Crippen molar-refractivity contribution in [3.63, 3.8) is 0 Å². The molecule has 0 aliphatic rings. The van der Waals surface area contributed by atoms with Gasteiger partial charge in [0.2, 0.25) is 0 Å². The molecule has 0 amide bonds. The SMILES string of the molecule is CCc1ccc(-c2nc3c(C(=O)O)cc(F)cc3[nH]2)s1. The lowest BCUT2D eigenvalue weighted by Crippen LogP contribution is -1.98. The van der Waals surface area contributed by atoms with Gasteiger partial charge in [-0.1, -0.05) is 6.92 Å². The fraction of sp³-hybridized carbons (Fsp3) is 0.143. The van der Waals surface area contributed by atoms with Gasteiger partial charge < -0.3 is 10.1 Å². The van der Waals surface area contributed by atoms with Gasteiger partial charge in [0.1, 0.15) is 17.2 Å².